The summed E-state index contributed by atoms with van der Waals surface area (Å²) >= 11 is 0. The van der Waals surface area contributed by atoms with E-state index in [4.69, 9.17) is 4.42 Å². The molecule has 112 valence electrons. The van der Waals surface area contributed by atoms with Crippen molar-refractivity contribution in [3.8, 4) is 11.5 Å². The highest BCUT2D eigenvalue weighted by Crippen LogP contribution is 2.26. The van der Waals surface area contributed by atoms with Crippen molar-refractivity contribution in [2.45, 2.75) is 31.9 Å². The standard InChI is InChI=1S/C16H21N3O2/c1-19(10-13-8-5-9-14(13)20)11-15-17-18-16(21-15)12-6-3-2-4-7-12/h2-4,6-7,13-14,20H,5,8-11H2,1H3. The summed E-state index contributed by atoms with van der Waals surface area (Å²) in [6.45, 7) is 1.48. The van der Waals surface area contributed by atoms with Gasteiger partial charge in [0, 0.05) is 12.1 Å². The first-order valence-corrected chi connectivity index (χ1v) is 7.47. The Balaban J connectivity index is 1.59. The summed E-state index contributed by atoms with van der Waals surface area (Å²) < 4.78 is 5.71. The number of nitrogens with zero attached hydrogens (tertiary/aromatic N) is 3. The van der Waals surface area contributed by atoms with Crippen LogP contribution in [0.15, 0.2) is 34.7 Å². The van der Waals surface area contributed by atoms with E-state index in [1.807, 2.05) is 37.4 Å². The molecule has 1 saturated carbocycles. The summed E-state index contributed by atoms with van der Waals surface area (Å²) in [5, 5.41) is 18.1. The fourth-order valence-corrected chi connectivity index (χ4v) is 2.94. The molecule has 1 aromatic carbocycles. The van der Waals surface area contributed by atoms with Crippen LogP contribution in [0.25, 0.3) is 11.5 Å². The first-order valence-electron chi connectivity index (χ1n) is 7.47. The van der Waals surface area contributed by atoms with Crippen molar-refractivity contribution in [1.29, 1.82) is 0 Å². The fraction of sp³-hybridized carbons (Fsp3) is 0.500. The molecule has 0 saturated heterocycles. The number of hydrogen-bond acceptors (Lipinski definition) is 5. The molecule has 5 nitrogen and oxygen atoms in total. The Hall–Kier alpha value is -1.72. The van der Waals surface area contributed by atoms with Crippen molar-refractivity contribution in [3.05, 3.63) is 36.2 Å². The van der Waals surface area contributed by atoms with Gasteiger partial charge in [-0.15, -0.1) is 10.2 Å². The fourth-order valence-electron chi connectivity index (χ4n) is 2.94. The predicted molar refractivity (Wildman–Crippen MR) is 79.4 cm³/mol. The second-order valence-corrected chi connectivity index (χ2v) is 5.82. The van der Waals surface area contributed by atoms with Crippen molar-refractivity contribution in [2.24, 2.45) is 5.92 Å². The van der Waals surface area contributed by atoms with Crippen LogP contribution in [0.5, 0.6) is 0 Å². The first kappa shape index (κ1) is 14.2. The Morgan fingerprint density at radius 3 is 2.76 bits per heavy atom. The molecule has 1 aliphatic rings. The largest absolute Gasteiger partial charge is 0.419 e. The number of aliphatic hydroxyl groups is 1. The molecule has 2 unspecified atom stereocenters. The molecule has 21 heavy (non-hydrogen) atoms. The first-order chi connectivity index (χ1) is 10.2. The molecule has 0 aliphatic heterocycles. The molecule has 2 aromatic rings. The monoisotopic (exact) mass is 287 g/mol. The minimum atomic E-state index is -0.157. The van der Waals surface area contributed by atoms with Crippen molar-refractivity contribution in [1.82, 2.24) is 15.1 Å². The van der Waals surface area contributed by atoms with E-state index in [9.17, 15) is 5.11 Å². The van der Waals surface area contributed by atoms with Gasteiger partial charge in [0.1, 0.15) is 0 Å². The summed E-state index contributed by atoms with van der Waals surface area (Å²) in [5.74, 6) is 1.54. The molecule has 1 heterocycles. The smallest absolute Gasteiger partial charge is 0.247 e. The average Bonchev–Trinajstić information content (AvgIpc) is 3.10. The lowest BCUT2D eigenvalue weighted by molar-refractivity contribution is 0.105. The lowest BCUT2D eigenvalue weighted by Gasteiger charge is -2.21. The van der Waals surface area contributed by atoms with Crippen LogP contribution in [0.4, 0.5) is 0 Å². The lowest BCUT2D eigenvalue weighted by Crippen LogP contribution is -2.29. The molecule has 1 aliphatic carbocycles. The van der Waals surface area contributed by atoms with Crippen LogP contribution in [0, 0.1) is 5.92 Å². The van der Waals surface area contributed by atoms with Gasteiger partial charge in [0.25, 0.3) is 0 Å². The van der Waals surface area contributed by atoms with Gasteiger partial charge in [-0.3, -0.25) is 4.90 Å². The van der Waals surface area contributed by atoms with Crippen LogP contribution in [0.2, 0.25) is 0 Å². The van der Waals surface area contributed by atoms with Gasteiger partial charge in [0.05, 0.1) is 12.6 Å². The molecular formula is C16H21N3O2. The van der Waals surface area contributed by atoms with Gasteiger partial charge >= 0.3 is 0 Å². The number of aliphatic hydroxyl groups excluding tert-OH is 1. The summed E-state index contributed by atoms with van der Waals surface area (Å²) in [6.07, 6.45) is 3.00. The van der Waals surface area contributed by atoms with E-state index in [1.54, 1.807) is 0 Å². The third-order valence-electron chi connectivity index (χ3n) is 4.06. The Morgan fingerprint density at radius 2 is 2.05 bits per heavy atom. The van der Waals surface area contributed by atoms with Crippen LogP contribution in [-0.2, 0) is 6.54 Å². The highest BCUT2D eigenvalue weighted by atomic mass is 16.4. The van der Waals surface area contributed by atoms with Crippen LogP contribution in [-0.4, -0.2) is 39.9 Å². The quantitative estimate of drug-likeness (QED) is 0.914. The van der Waals surface area contributed by atoms with Crippen LogP contribution < -0.4 is 0 Å². The minimum Gasteiger partial charge on any atom is -0.419 e. The maximum absolute atomic E-state index is 9.88. The maximum atomic E-state index is 9.88. The Morgan fingerprint density at radius 1 is 1.24 bits per heavy atom. The van der Waals surface area contributed by atoms with Crippen molar-refractivity contribution >= 4 is 0 Å². The van der Waals surface area contributed by atoms with Gasteiger partial charge in [-0.25, -0.2) is 0 Å². The van der Waals surface area contributed by atoms with Crippen molar-refractivity contribution in [2.75, 3.05) is 13.6 Å². The number of aromatic nitrogens is 2. The van der Waals surface area contributed by atoms with Crippen LogP contribution in [0.1, 0.15) is 25.2 Å². The Kier molecular flexibility index (Phi) is 4.31. The van der Waals surface area contributed by atoms with Gasteiger partial charge in [0.15, 0.2) is 0 Å². The Bertz CT molecular complexity index is 570. The normalized spacial score (nSPS) is 22.0. The summed E-state index contributed by atoms with van der Waals surface area (Å²) in [5.41, 5.74) is 0.935. The van der Waals surface area contributed by atoms with E-state index >= 15 is 0 Å². The third-order valence-corrected chi connectivity index (χ3v) is 4.06. The highest BCUT2D eigenvalue weighted by Gasteiger charge is 2.26. The van der Waals surface area contributed by atoms with Gasteiger partial charge in [-0.1, -0.05) is 24.6 Å². The molecular weight excluding hydrogens is 266 g/mol. The van der Waals surface area contributed by atoms with E-state index in [0.717, 1.165) is 31.4 Å². The van der Waals surface area contributed by atoms with Crippen molar-refractivity contribution in [3.63, 3.8) is 0 Å². The average molecular weight is 287 g/mol. The second-order valence-electron chi connectivity index (χ2n) is 5.82. The molecule has 0 bridgehead atoms. The summed E-state index contributed by atoms with van der Waals surface area (Å²) in [7, 11) is 2.03. The van der Waals surface area contributed by atoms with Crippen molar-refractivity contribution < 1.29 is 9.52 Å². The van der Waals surface area contributed by atoms with Gasteiger partial charge in [0.2, 0.25) is 11.8 Å². The molecule has 3 rings (SSSR count). The van der Waals surface area contributed by atoms with E-state index in [1.165, 1.54) is 0 Å². The molecule has 0 amide bonds. The third kappa shape index (κ3) is 3.49. The van der Waals surface area contributed by atoms with E-state index in [2.05, 4.69) is 15.1 Å². The van der Waals surface area contributed by atoms with Gasteiger partial charge < -0.3 is 9.52 Å². The zero-order chi connectivity index (χ0) is 14.7. The topological polar surface area (TPSA) is 62.4 Å². The highest BCUT2D eigenvalue weighted by molar-refractivity contribution is 5.51. The Labute approximate surface area is 124 Å². The van der Waals surface area contributed by atoms with Crippen LogP contribution in [0.3, 0.4) is 0 Å². The summed E-state index contributed by atoms with van der Waals surface area (Å²) in [6, 6.07) is 9.77. The number of benzene rings is 1. The molecule has 1 aromatic heterocycles. The second kappa shape index (κ2) is 6.37. The molecule has 0 spiro atoms. The molecule has 2 atom stereocenters. The molecule has 5 heteroatoms. The SMILES string of the molecule is CN(Cc1nnc(-c2ccccc2)o1)CC1CCCC1O. The molecule has 1 N–H and O–H groups in total. The number of hydrogen-bond donors (Lipinski definition) is 1. The lowest BCUT2D eigenvalue weighted by atomic mass is 10.1. The molecule has 1 fully saturated rings. The summed E-state index contributed by atoms with van der Waals surface area (Å²) in [4.78, 5) is 2.14. The zero-order valence-electron chi connectivity index (χ0n) is 12.3. The van der Waals surface area contributed by atoms with E-state index < -0.39 is 0 Å². The number of rotatable bonds is 5. The predicted octanol–water partition coefficient (Wildman–Crippen LogP) is 2.33. The van der Waals surface area contributed by atoms with E-state index in [-0.39, 0.29) is 6.10 Å². The van der Waals surface area contributed by atoms with E-state index in [0.29, 0.717) is 24.2 Å². The zero-order valence-corrected chi connectivity index (χ0v) is 12.3. The van der Waals surface area contributed by atoms with Gasteiger partial charge in [-0.2, -0.15) is 0 Å². The van der Waals surface area contributed by atoms with Gasteiger partial charge in [-0.05, 0) is 37.9 Å². The molecule has 0 radical (unpaired) electrons. The maximum Gasteiger partial charge on any atom is 0.247 e. The minimum absolute atomic E-state index is 0.157. The van der Waals surface area contributed by atoms with Crippen LogP contribution >= 0.6 is 0 Å².